The van der Waals surface area contributed by atoms with Crippen LogP contribution in [0.25, 0.3) is 0 Å². The molecule has 2 heterocycles. The lowest BCUT2D eigenvalue weighted by Crippen LogP contribution is -2.14. The first kappa shape index (κ1) is 20.9. The third kappa shape index (κ3) is 5.85. The molecular weight excluding hydrogens is 388 g/mol. The fraction of sp³-hybridized carbons (Fsp3) is 0.308. The number of aryl methyl sites for hydroxylation is 2. The van der Waals surface area contributed by atoms with Crippen LogP contribution in [0.2, 0.25) is 0 Å². The van der Waals surface area contributed by atoms with E-state index < -0.39 is 5.97 Å². The number of anilines is 1. The number of fused-ring (bicyclic) bond motifs is 1. The van der Waals surface area contributed by atoms with E-state index in [1.807, 2.05) is 30.3 Å². The van der Waals surface area contributed by atoms with E-state index in [-0.39, 0.29) is 6.42 Å². The fourth-order valence-electron chi connectivity index (χ4n) is 3.96. The number of carboxylic acid groups (broad SMARTS) is 1. The summed E-state index contributed by atoms with van der Waals surface area (Å²) < 4.78 is 6.00. The molecule has 2 N–H and O–H groups in total. The Labute approximate surface area is 183 Å². The maximum Gasteiger partial charge on any atom is 0.303 e. The molecule has 0 bridgehead atoms. The number of benzene rings is 2. The van der Waals surface area contributed by atoms with Crippen LogP contribution in [0.15, 0.2) is 60.7 Å². The number of rotatable bonds is 9. The van der Waals surface area contributed by atoms with Crippen LogP contribution < -0.4 is 10.1 Å². The highest BCUT2D eigenvalue weighted by atomic mass is 16.5. The van der Waals surface area contributed by atoms with E-state index in [1.54, 1.807) is 0 Å². The van der Waals surface area contributed by atoms with Crippen molar-refractivity contribution in [2.45, 2.75) is 38.5 Å². The predicted octanol–water partition coefficient (Wildman–Crippen LogP) is 4.67. The average Bonchev–Trinajstić information content (AvgIpc) is 2.79. The van der Waals surface area contributed by atoms with Crippen molar-refractivity contribution in [1.29, 1.82) is 0 Å². The molecule has 0 fully saturated rings. The van der Waals surface area contributed by atoms with Gasteiger partial charge in [-0.15, -0.1) is 0 Å². The van der Waals surface area contributed by atoms with Crippen LogP contribution >= 0.6 is 0 Å². The van der Waals surface area contributed by atoms with Crippen LogP contribution in [0.1, 0.15) is 40.8 Å². The summed E-state index contributed by atoms with van der Waals surface area (Å²) in [6, 6.07) is 20.4. The minimum atomic E-state index is -0.769. The number of carbonyl (C=O) groups is 1. The highest BCUT2D eigenvalue weighted by Crippen LogP contribution is 2.21. The van der Waals surface area contributed by atoms with Crippen LogP contribution in [0.4, 0.5) is 5.82 Å². The quantitative estimate of drug-likeness (QED) is 0.530. The molecular formula is C26H28N2O3. The molecule has 1 aliphatic heterocycles. The topological polar surface area (TPSA) is 71.5 Å². The Bertz CT molecular complexity index is 1050. The average molecular weight is 417 g/mol. The van der Waals surface area contributed by atoms with Crippen molar-refractivity contribution in [3.63, 3.8) is 0 Å². The van der Waals surface area contributed by atoms with Gasteiger partial charge in [-0.3, -0.25) is 4.79 Å². The van der Waals surface area contributed by atoms with Gasteiger partial charge in [0.25, 0.3) is 0 Å². The molecule has 0 unspecified atom stereocenters. The van der Waals surface area contributed by atoms with Gasteiger partial charge in [-0.25, -0.2) is 4.98 Å². The summed E-state index contributed by atoms with van der Waals surface area (Å²) in [7, 11) is 0. The normalized spacial score (nSPS) is 12.6. The van der Waals surface area contributed by atoms with Gasteiger partial charge >= 0.3 is 5.97 Å². The molecule has 4 rings (SSSR count). The number of nitrogens with one attached hydrogen (secondary N) is 1. The molecule has 5 nitrogen and oxygen atoms in total. The summed E-state index contributed by atoms with van der Waals surface area (Å²) in [5.41, 5.74) is 5.73. The molecule has 3 aromatic rings. The van der Waals surface area contributed by atoms with Crippen LogP contribution in [0.5, 0.6) is 5.75 Å². The van der Waals surface area contributed by atoms with Crippen LogP contribution in [0.3, 0.4) is 0 Å². The fourth-order valence-corrected chi connectivity index (χ4v) is 3.96. The van der Waals surface area contributed by atoms with E-state index in [0.29, 0.717) is 13.0 Å². The largest absolute Gasteiger partial charge is 0.493 e. The summed E-state index contributed by atoms with van der Waals surface area (Å²) in [6.07, 6.45) is 4.47. The van der Waals surface area contributed by atoms with Gasteiger partial charge in [0, 0.05) is 25.1 Å². The Morgan fingerprint density at radius 1 is 1.03 bits per heavy atom. The number of aromatic nitrogens is 1. The molecule has 0 radical (unpaired) electrons. The molecule has 0 amide bonds. The summed E-state index contributed by atoms with van der Waals surface area (Å²) in [4.78, 5) is 15.7. The summed E-state index contributed by atoms with van der Waals surface area (Å²) >= 11 is 0. The standard InChI is InChI=1S/C26H28N2O3/c29-25(30)13-11-20-6-1-2-7-22(20)17-19-5-3-9-24(18-19)31-16-14-23-12-10-21-8-4-15-27-26(21)28-23/h1-3,5-7,9-10,12,18H,4,8,11,13-17H2,(H,27,28)(H,29,30). The zero-order chi connectivity index (χ0) is 21.5. The highest BCUT2D eigenvalue weighted by Gasteiger charge is 2.10. The summed E-state index contributed by atoms with van der Waals surface area (Å²) in [5, 5.41) is 12.4. The van der Waals surface area contributed by atoms with E-state index in [0.717, 1.165) is 66.2 Å². The Hall–Kier alpha value is -3.34. The van der Waals surface area contributed by atoms with Crippen molar-refractivity contribution in [2.24, 2.45) is 0 Å². The van der Waals surface area contributed by atoms with E-state index in [2.05, 4.69) is 35.6 Å². The number of ether oxygens (including phenoxy) is 1. The zero-order valence-corrected chi connectivity index (χ0v) is 17.6. The van der Waals surface area contributed by atoms with Gasteiger partial charge in [-0.1, -0.05) is 42.5 Å². The number of hydrogen-bond acceptors (Lipinski definition) is 4. The van der Waals surface area contributed by atoms with Gasteiger partial charge in [0.2, 0.25) is 0 Å². The first-order chi connectivity index (χ1) is 15.2. The molecule has 160 valence electrons. The van der Waals surface area contributed by atoms with Gasteiger partial charge in [-0.2, -0.15) is 0 Å². The second-order valence-corrected chi connectivity index (χ2v) is 7.93. The second-order valence-electron chi connectivity index (χ2n) is 7.93. The number of nitrogens with zero attached hydrogens (tertiary/aromatic N) is 1. The molecule has 0 saturated carbocycles. The number of aliphatic carboxylic acids is 1. The van der Waals surface area contributed by atoms with Crippen LogP contribution in [-0.2, 0) is 30.5 Å². The summed E-state index contributed by atoms with van der Waals surface area (Å²) in [5.74, 6) is 1.10. The van der Waals surface area contributed by atoms with Crippen molar-refractivity contribution in [2.75, 3.05) is 18.5 Å². The minimum absolute atomic E-state index is 0.145. The first-order valence-electron chi connectivity index (χ1n) is 10.9. The lowest BCUT2D eigenvalue weighted by molar-refractivity contribution is -0.136. The van der Waals surface area contributed by atoms with Gasteiger partial charge in [0.15, 0.2) is 0 Å². The monoisotopic (exact) mass is 416 g/mol. The van der Waals surface area contributed by atoms with Crippen LogP contribution in [-0.4, -0.2) is 29.2 Å². The first-order valence-corrected chi connectivity index (χ1v) is 10.9. The predicted molar refractivity (Wildman–Crippen MR) is 122 cm³/mol. The maximum atomic E-state index is 10.9. The lowest BCUT2D eigenvalue weighted by Gasteiger charge is -2.17. The molecule has 0 spiro atoms. The van der Waals surface area contributed by atoms with E-state index in [1.165, 1.54) is 5.56 Å². The zero-order valence-electron chi connectivity index (χ0n) is 17.6. The second kappa shape index (κ2) is 10.1. The molecule has 0 saturated heterocycles. The van der Waals surface area contributed by atoms with Crippen molar-refractivity contribution >= 4 is 11.8 Å². The highest BCUT2D eigenvalue weighted by molar-refractivity contribution is 5.67. The molecule has 0 aliphatic carbocycles. The van der Waals surface area contributed by atoms with Gasteiger partial charge in [0.05, 0.1) is 6.61 Å². The SMILES string of the molecule is O=C(O)CCc1ccccc1Cc1cccc(OCCc2ccc3c(n2)NCCC3)c1. The molecule has 2 aromatic carbocycles. The van der Waals surface area contributed by atoms with Crippen molar-refractivity contribution in [3.8, 4) is 5.75 Å². The summed E-state index contributed by atoms with van der Waals surface area (Å²) in [6.45, 7) is 1.57. The van der Waals surface area contributed by atoms with Gasteiger partial charge in [-0.05, 0) is 66.1 Å². The van der Waals surface area contributed by atoms with Crippen molar-refractivity contribution in [1.82, 2.24) is 4.98 Å². The Kier molecular flexibility index (Phi) is 6.82. The van der Waals surface area contributed by atoms with Gasteiger partial charge < -0.3 is 15.2 Å². The molecule has 1 aliphatic rings. The van der Waals surface area contributed by atoms with Crippen LogP contribution in [0, 0.1) is 0 Å². The number of carboxylic acids is 1. The molecule has 1 aromatic heterocycles. The van der Waals surface area contributed by atoms with E-state index in [9.17, 15) is 4.79 Å². The molecule has 5 heteroatoms. The Morgan fingerprint density at radius 2 is 1.90 bits per heavy atom. The Balaban J connectivity index is 1.35. The number of hydrogen-bond donors (Lipinski definition) is 2. The smallest absolute Gasteiger partial charge is 0.303 e. The van der Waals surface area contributed by atoms with E-state index >= 15 is 0 Å². The van der Waals surface area contributed by atoms with Crippen molar-refractivity contribution < 1.29 is 14.6 Å². The lowest BCUT2D eigenvalue weighted by atomic mass is 9.97. The Morgan fingerprint density at radius 3 is 2.77 bits per heavy atom. The minimum Gasteiger partial charge on any atom is -0.493 e. The van der Waals surface area contributed by atoms with Gasteiger partial charge in [0.1, 0.15) is 11.6 Å². The van der Waals surface area contributed by atoms with Crippen molar-refractivity contribution in [3.05, 3.63) is 88.6 Å². The number of pyridine rings is 1. The molecule has 0 atom stereocenters. The molecule has 31 heavy (non-hydrogen) atoms. The maximum absolute atomic E-state index is 10.9. The third-order valence-electron chi connectivity index (χ3n) is 5.60. The third-order valence-corrected chi connectivity index (χ3v) is 5.60. The van der Waals surface area contributed by atoms with E-state index in [4.69, 9.17) is 14.8 Å².